The first-order valence-electron chi connectivity index (χ1n) is 6.86. The zero-order valence-corrected chi connectivity index (χ0v) is 13.2. The molecule has 0 bridgehead atoms. The average molecular weight is 315 g/mol. The van der Waals surface area contributed by atoms with E-state index in [1.807, 2.05) is 20.8 Å². The van der Waals surface area contributed by atoms with Crippen LogP contribution >= 0.6 is 11.6 Å². The molecule has 0 saturated carbocycles. The van der Waals surface area contributed by atoms with Crippen molar-refractivity contribution in [1.29, 1.82) is 0 Å². The first-order valence-corrected chi connectivity index (χ1v) is 7.23. The number of nitrogens with two attached hydrogens (primary N) is 1. The molecule has 2 atom stereocenters. The summed E-state index contributed by atoms with van der Waals surface area (Å²) in [7, 11) is 0. The Bertz CT molecular complexity index is 545. The molecule has 116 valence electrons. The topological polar surface area (TPSA) is 55.6 Å². The molecule has 1 aromatic carbocycles. The zero-order valence-electron chi connectivity index (χ0n) is 12.4. The van der Waals surface area contributed by atoms with E-state index in [1.165, 1.54) is 12.1 Å². The number of amides is 1. The minimum absolute atomic E-state index is 0.0781. The van der Waals surface area contributed by atoms with Crippen LogP contribution in [0.1, 0.15) is 32.3 Å². The molecular weight excluding hydrogens is 295 g/mol. The van der Waals surface area contributed by atoms with Crippen LogP contribution in [0.25, 0.3) is 0 Å². The molecule has 2 unspecified atom stereocenters. The number of rotatable bonds is 1. The fraction of sp³-hybridized carbons (Fsp3) is 0.533. The fourth-order valence-electron chi connectivity index (χ4n) is 2.40. The van der Waals surface area contributed by atoms with Crippen molar-refractivity contribution < 1.29 is 13.9 Å². The lowest BCUT2D eigenvalue weighted by atomic mass is 9.95. The predicted octanol–water partition coefficient (Wildman–Crippen LogP) is 3.14. The number of likely N-dealkylation sites (tertiary alicyclic amines) is 1. The van der Waals surface area contributed by atoms with Crippen LogP contribution in [0.15, 0.2) is 18.2 Å². The second kappa shape index (κ2) is 5.81. The van der Waals surface area contributed by atoms with Gasteiger partial charge in [0.25, 0.3) is 0 Å². The lowest BCUT2D eigenvalue weighted by Crippen LogP contribution is -2.36. The van der Waals surface area contributed by atoms with E-state index in [1.54, 1.807) is 11.0 Å². The molecule has 1 amide bonds. The van der Waals surface area contributed by atoms with Gasteiger partial charge < -0.3 is 15.4 Å². The second-order valence-electron chi connectivity index (χ2n) is 6.33. The number of carbonyl (C=O) groups is 1. The number of benzene rings is 1. The highest BCUT2D eigenvalue weighted by Gasteiger charge is 2.36. The first-order chi connectivity index (χ1) is 9.67. The van der Waals surface area contributed by atoms with Crippen molar-refractivity contribution in [3.05, 3.63) is 34.6 Å². The highest BCUT2D eigenvalue weighted by Crippen LogP contribution is 2.29. The maximum atomic E-state index is 13.6. The largest absolute Gasteiger partial charge is 0.444 e. The van der Waals surface area contributed by atoms with Crippen LogP contribution in [0.4, 0.5) is 9.18 Å². The van der Waals surface area contributed by atoms with E-state index < -0.39 is 17.5 Å². The van der Waals surface area contributed by atoms with E-state index in [9.17, 15) is 9.18 Å². The molecule has 1 heterocycles. The van der Waals surface area contributed by atoms with E-state index >= 15 is 0 Å². The maximum Gasteiger partial charge on any atom is 0.410 e. The normalized spacial score (nSPS) is 22.5. The van der Waals surface area contributed by atoms with Crippen molar-refractivity contribution in [1.82, 2.24) is 4.90 Å². The van der Waals surface area contributed by atoms with E-state index in [0.717, 1.165) is 5.56 Å². The van der Waals surface area contributed by atoms with Gasteiger partial charge in [0.2, 0.25) is 0 Å². The van der Waals surface area contributed by atoms with Crippen LogP contribution in [-0.4, -0.2) is 35.7 Å². The van der Waals surface area contributed by atoms with Crippen molar-refractivity contribution in [2.75, 3.05) is 13.1 Å². The Kier molecular flexibility index (Phi) is 4.44. The van der Waals surface area contributed by atoms with Crippen LogP contribution in [0.5, 0.6) is 0 Å². The summed E-state index contributed by atoms with van der Waals surface area (Å²) in [6.45, 7) is 6.24. The van der Waals surface area contributed by atoms with Crippen LogP contribution < -0.4 is 5.73 Å². The molecule has 1 fully saturated rings. The van der Waals surface area contributed by atoms with Gasteiger partial charge in [-0.25, -0.2) is 9.18 Å². The molecule has 0 aromatic heterocycles. The van der Waals surface area contributed by atoms with Crippen LogP contribution in [0.2, 0.25) is 5.02 Å². The first kappa shape index (κ1) is 16.0. The molecular formula is C15H20ClFN2O2. The number of hydrogen-bond acceptors (Lipinski definition) is 3. The maximum absolute atomic E-state index is 13.6. The second-order valence-corrected chi connectivity index (χ2v) is 6.74. The van der Waals surface area contributed by atoms with Gasteiger partial charge in [0, 0.05) is 25.0 Å². The summed E-state index contributed by atoms with van der Waals surface area (Å²) in [5.41, 5.74) is 6.28. The van der Waals surface area contributed by atoms with Gasteiger partial charge in [-0.2, -0.15) is 0 Å². The highest BCUT2D eigenvalue weighted by molar-refractivity contribution is 6.30. The molecule has 0 radical (unpaired) electrons. The summed E-state index contributed by atoms with van der Waals surface area (Å²) in [6.07, 6.45) is -0.394. The van der Waals surface area contributed by atoms with Gasteiger partial charge >= 0.3 is 6.09 Å². The minimum Gasteiger partial charge on any atom is -0.444 e. The summed E-state index contributed by atoms with van der Waals surface area (Å²) in [5, 5.41) is 0.0781. The predicted molar refractivity (Wildman–Crippen MR) is 79.9 cm³/mol. The van der Waals surface area contributed by atoms with Crippen molar-refractivity contribution in [2.24, 2.45) is 5.73 Å². The zero-order chi connectivity index (χ0) is 15.8. The van der Waals surface area contributed by atoms with Crippen molar-refractivity contribution in [3.63, 3.8) is 0 Å². The standard InChI is InChI=1S/C15H20ClFN2O2/c1-15(2,3)21-14(20)19-7-10(13(18)8-19)9-4-5-11(16)12(17)6-9/h4-6,10,13H,7-8,18H2,1-3H3. The number of hydrogen-bond donors (Lipinski definition) is 1. The van der Waals surface area contributed by atoms with E-state index in [4.69, 9.17) is 22.1 Å². The Morgan fingerprint density at radius 3 is 2.67 bits per heavy atom. The number of halogens is 2. The van der Waals surface area contributed by atoms with E-state index in [2.05, 4.69) is 0 Å². The molecule has 0 aliphatic carbocycles. The molecule has 1 saturated heterocycles. The van der Waals surface area contributed by atoms with Crippen molar-refractivity contribution >= 4 is 17.7 Å². The van der Waals surface area contributed by atoms with Crippen molar-refractivity contribution in [3.8, 4) is 0 Å². The third-order valence-electron chi connectivity index (χ3n) is 3.39. The van der Waals surface area contributed by atoms with Gasteiger partial charge in [0.1, 0.15) is 11.4 Å². The monoisotopic (exact) mass is 314 g/mol. The summed E-state index contributed by atoms with van der Waals surface area (Å²) in [6, 6.07) is 4.38. The Balaban J connectivity index is 2.10. The molecule has 6 heteroatoms. The fourth-order valence-corrected chi connectivity index (χ4v) is 2.52. The quantitative estimate of drug-likeness (QED) is 0.866. The number of carbonyl (C=O) groups excluding carboxylic acids is 1. The molecule has 1 aromatic rings. The third-order valence-corrected chi connectivity index (χ3v) is 3.70. The lowest BCUT2D eigenvalue weighted by Gasteiger charge is -2.24. The molecule has 2 rings (SSSR count). The number of nitrogens with zero attached hydrogens (tertiary/aromatic N) is 1. The van der Waals surface area contributed by atoms with Gasteiger partial charge in [-0.05, 0) is 38.5 Å². The summed E-state index contributed by atoms with van der Waals surface area (Å²) in [4.78, 5) is 13.6. The van der Waals surface area contributed by atoms with Crippen LogP contribution in [0, 0.1) is 5.82 Å². The molecule has 4 nitrogen and oxygen atoms in total. The number of ether oxygens (including phenoxy) is 1. The Morgan fingerprint density at radius 1 is 1.43 bits per heavy atom. The summed E-state index contributed by atoms with van der Waals surface area (Å²) in [5.74, 6) is -0.596. The van der Waals surface area contributed by atoms with Gasteiger partial charge in [0.15, 0.2) is 0 Å². The van der Waals surface area contributed by atoms with Crippen LogP contribution in [-0.2, 0) is 4.74 Å². The molecule has 1 aliphatic rings. The summed E-state index contributed by atoms with van der Waals surface area (Å²) >= 11 is 5.68. The average Bonchev–Trinajstić information content (AvgIpc) is 2.73. The third kappa shape index (κ3) is 3.86. The van der Waals surface area contributed by atoms with Gasteiger partial charge in [-0.3, -0.25) is 0 Å². The molecule has 21 heavy (non-hydrogen) atoms. The van der Waals surface area contributed by atoms with Gasteiger partial charge in [-0.1, -0.05) is 17.7 Å². The van der Waals surface area contributed by atoms with E-state index in [-0.39, 0.29) is 17.0 Å². The SMILES string of the molecule is CC(C)(C)OC(=O)N1CC(N)C(c2ccc(Cl)c(F)c2)C1. The highest BCUT2D eigenvalue weighted by atomic mass is 35.5. The van der Waals surface area contributed by atoms with Gasteiger partial charge in [-0.15, -0.1) is 0 Å². The molecule has 1 aliphatic heterocycles. The Hall–Kier alpha value is -1.33. The van der Waals surface area contributed by atoms with E-state index in [0.29, 0.717) is 13.1 Å². The molecule has 2 N–H and O–H groups in total. The molecule has 0 spiro atoms. The smallest absolute Gasteiger partial charge is 0.410 e. The Morgan fingerprint density at radius 2 is 2.10 bits per heavy atom. The minimum atomic E-state index is -0.550. The lowest BCUT2D eigenvalue weighted by molar-refractivity contribution is 0.0290. The van der Waals surface area contributed by atoms with Gasteiger partial charge in [0.05, 0.1) is 5.02 Å². The summed E-state index contributed by atoms with van der Waals surface area (Å²) < 4.78 is 18.9. The van der Waals surface area contributed by atoms with Crippen molar-refractivity contribution in [2.45, 2.75) is 38.3 Å². The van der Waals surface area contributed by atoms with Crippen LogP contribution in [0.3, 0.4) is 0 Å². The Labute approximate surface area is 129 Å².